The number of benzene rings is 3. The van der Waals surface area contributed by atoms with Crippen LogP contribution in [0.5, 0.6) is 11.5 Å². The number of nitrogens with one attached hydrogen (secondary N) is 1. The first-order chi connectivity index (χ1) is 26.8. The Bertz CT molecular complexity index is 2450. The van der Waals surface area contributed by atoms with Crippen molar-refractivity contribution in [3.8, 4) is 22.8 Å². The number of carbonyl (C=O) groups excluding carboxylic acids is 2. The molecule has 1 aliphatic heterocycles. The third kappa shape index (κ3) is 7.22. The number of methoxy groups -OCH3 is 2. The number of aryl methyl sites for hydroxylation is 1. The third-order valence-corrected chi connectivity index (χ3v) is 13.0. The lowest BCUT2D eigenvalue weighted by Gasteiger charge is -2.28. The maximum atomic E-state index is 14.7. The number of hydrogen-bond acceptors (Lipinski definition) is 7. The molecule has 11 nitrogen and oxygen atoms in total. The van der Waals surface area contributed by atoms with Crippen molar-refractivity contribution in [2.75, 3.05) is 14.2 Å². The van der Waals surface area contributed by atoms with Gasteiger partial charge in [0.15, 0.2) is 0 Å². The number of sulfonamides is 1. The summed E-state index contributed by atoms with van der Waals surface area (Å²) in [5, 5.41) is 4.92. The first-order valence-electron chi connectivity index (χ1n) is 19.4. The molecule has 56 heavy (non-hydrogen) atoms. The van der Waals surface area contributed by atoms with Gasteiger partial charge in [-0.3, -0.25) is 14.3 Å². The van der Waals surface area contributed by atoms with E-state index in [4.69, 9.17) is 9.47 Å². The Balaban J connectivity index is 1.42. The van der Waals surface area contributed by atoms with Crippen LogP contribution in [0.3, 0.4) is 0 Å². The van der Waals surface area contributed by atoms with E-state index in [1.54, 1.807) is 45.0 Å². The molecule has 0 bridgehead atoms. The van der Waals surface area contributed by atoms with E-state index < -0.39 is 21.2 Å². The SMILES string of the molecule is COc1ccc2c(c1)C=C(c1c(C(=O)N(Cc3ccccc3OC)C(C)C)cnn1C)Cn1c-2c(C2CCCCC2)c2ccc(C(=O)NS(=O)(=O)C(C)C)cc21. The molecule has 1 fully saturated rings. The first-order valence-corrected chi connectivity index (χ1v) is 20.9. The highest BCUT2D eigenvalue weighted by atomic mass is 32.2. The van der Waals surface area contributed by atoms with Gasteiger partial charge in [-0.15, -0.1) is 0 Å². The highest BCUT2D eigenvalue weighted by molar-refractivity contribution is 7.90. The highest BCUT2D eigenvalue weighted by Crippen LogP contribution is 2.48. The van der Waals surface area contributed by atoms with Crippen molar-refractivity contribution in [1.29, 1.82) is 0 Å². The van der Waals surface area contributed by atoms with Crippen LogP contribution in [0.15, 0.2) is 66.9 Å². The second-order valence-electron chi connectivity index (χ2n) is 15.4. The molecule has 2 aromatic heterocycles. The minimum Gasteiger partial charge on any atom is -0.497 e. The van der Waals surface area contributed by atoms with Crippen LogP contribution in [0.4, 0.5) is 0 Å². The van der Waals surface area contributed by atoms with Gasteiger partial charge in [0, 0.05) is 47.2 Å². The maximum absolute atomic E-state index is 14.7. The zero-order valence-electron chi connectivity index (χ0n) is 33.3. The molecule has 294 valence electrons. The summed E-state index contributed by atoms with van der Waals surface area (Å²) >= 11 is 0. The summed E-state index contributed by atoms with van der Waals surface area (Å²) < 4.78 is 43.2. The molecule has 1 N–H and O–H groups in total. The Hall–Kier alpha value is -5.36. The summed E-state index contributed by atoms with van der Waals surface area (Å²) in [5.41, 5.74) is 8.21. The van der Waals surface area contributed by atoms with Crippen LogP contribution in [0.25, 0.3) is 33.8 Å². The summed E-state index contributed by atoms with van der Waals surface area (Å²) in [7, 11) is 1.28. The van der Waals surface area contributed by atoms with E-state index in [1.807, 2.05) is 74.3 Å². The molecule has 3 heterocycles. The zero-order valence-corrected chi connectivity index (χ0v) is 34.1. The average molecular weight is 778 g/mol. The number of allylic oxidation sites excluding steroid dienone is 1. The van der Waals surface area contributed by atoms with Gasteiger partial charge in [0.1, 0.15) is 11.5 Å². The normalized spacial score (nSPS) is 14.6. The van der Waals surface area contributed by atoms with E-state index in [9.17, 15) is 18.0 Å². The van der Waals surface area contributed by atoms with Gasteiger partial charge in [-0.1, -0.05) is 43.5 Å². The molecule has 0 unspecified atom stereocenters. The summed E-state index contributed by atoms with van der Waals surface area (Å²) in [5.74, 6) is 0.884. The van der Waals surface area contributed by atoms with Crippen molar-refractivity contribution in [2.24, 2.45) is 7.05 Å². The van der Waals surface area contributed by atoms with Crippen LogP contribution in [-0.2, 0) is 30.2 Å². The monoisotopic (exact) mass is 777 g/mol. The highest BCUT2D eigenvalue weighted by Gasteiger charge is 2.33. The quantitative estimate of drug-likeness (QED) is 0.144. The fourth-order valence-corrected chi connectivity index (χ4v) is 8.88. The second kappa shape index (κ2) is 15.6. The fourth-order valence-electron chi connectivity index (χ4n) is 8.27. The van der Waals surface area contributed by atoms with Crippen molar-refractivity contribution in [3.05, 3.63) is 100 Å². The molecule has 12 heteroatoms. The number of hydrogen-bond donors (Lipinski definition) is 1. The van der Waals surface area contributed by atoms with Gasteiger partial charge in [0.2, 0.25) is 10.0 Å². The lowest BCUT2D eigenvalue weighted by molar-refractivity contribution is 0.0688. The number of rotatable bonds is 11. The van der Waals surface area contributed by atoms with Crippen molar-refractivity contribution in [1.82, 2.24) is 24.0 Å². The lowest BCUT2D eigenvalue weighted by atomic mass is 9.81. The molecule has 0 radical (unpaired) electrons. The minimum atomic E-state index is -3.85. The van der Waals surface area contributed by atoms with Crippen LogP contribution in [-0.4, -0.2) is 65.0 Å². The van der Waals surface area contributed by atoms with E-state index in [-0.39, 0.29) is 17.5 Å². The number of nitrogens with zero attached hydrogens (tertiary/aromatic N) is 4. The van der Waals surface area contributed by atoms with Crippen LogP contribution < -0.4 is 14.2 Å². The number of aromatic nitrogens is 3. The summed E-state index contributed by atoms with van der Waals surface area (Å²) in [6.45, 7) is 7.79. The van der Waals surface area contributed by atoms with Gasteiger partial charge in [-0.25, -0.2) is 13.1 Å². The Kier molecular flexibility index (Phi) is 10.9. The molecule has 5 aromatic rings. The third-order valence-electron chi connectivity index (χ3n) is 11.3. The molecule has 1 saturated carbocycles. The van der Waals surface area contributed by atoms with Crippen LogP contribution >= 0.6 is 0 Å². The average Bonchev–Trinajstić information content (AvgIpc) is 3.67. The predicted octanol–water partition coefficient (Wildman–Crippen LogP) is 8.18. The molecule has 0 spiro atoms. The Morgan fingerprint density at radius 3 is 2.39 bits per heavy atom. The van der Waals surface area contributed by atoms with Gasteiger partial charge in [-0.05, 0) is 106 Å². The standard InChI is InChI=1S/C44H51N5O6S/c1-27(2)48(25-31-15-11-12-16-39(31)55-7)44(51)37-24-45-47(5)41(37)33-21-32-22-34(54-6)18-20-35(32)42-40(29-13-9-8-10-14-29)36-19-17-30(23-38(36)49(42)26-33)43(50)46-56(52,53)28(3)4/h11-12,15-24,27-29H,8-10,13-14,25-26H2,1-7H3,(H,46,50). The van der Waals surface area contributed by atoms with Gasteiger partial charge >= 0.3 is 0 Å². The van der Waals surface area contributed by atoms with Gasteiger partial charge in [-0.2, -0.15) is 5.10 Å². The van der Waals surface area contributed by atoms with E-state index in [2.05, 4.69) is 26.5 Å². The van der Waals surface area contributed by atoms with Crippen LogP contribution in [0.2, 0.25) is 0 Å². The molecule has 2 amide bonds. The summed E-state index contributed by atoms with van der Waals surface area (Å²) in [6.07, 6.45) is 9.32. The predicted molar refractivity (Wildman–Crippen MR) is 220 cm³/mol. The number of amides is 2. The molecular formula is C44H51N5O6S. The summed E-state index contributed by atoms with van der Waals surface area (Å²) in [6, 6.07) is 19.2. The largest absolute Gasteiger partial charge is 0.497 e. The topological polar surface area (TPSA) is 125 Å². The van der Waals surface area contributed by atoms with E-state index >= 15 is 0 Å². The number of para-hydroxylation sites is 1. The molecule has 2 aliphatic rings. The Morgan fingerprint density at radius 1 is 0.946 bits per heavy atom. The van der Waals surface area contributed by atoms with Crippen molar-refractivity contribution < 1.29 is 27.5 Å². The van der Waals surface area contributed by atoms with E-state index in [0.29, 0.717) is 41.8 Å². The van der Waals surface area contributed by atoms with Crippen molar-refractivity contribution in [2.45, 2.75) is 90.1 Å². The van der Waals surface area contributed by atoms with E-state index in [0.717, 1.165) is 64.5 Å². The number of ether oxygens (including phenoxy) is 2. The van der Waals surface area contributed by atoms with Gasteiger partial charge in [0.05, 0.1) is 49.2 Å². The maximum Gasteiger partial charge on any atom is 0.264 e. The first kappa shape index (κ1) is 38.9. The van der Waals surface area contributed by atoms with Gasteiger partial charge in [0.25, 0.3) is 11.8 Å². The molecule has 1 aliphatic carbocycles. The summed E-state index contributed by atoms with van der Waals surface area (Å²) in [4.78, 5) is 30.1. The van der Waals surface area contributed by atoms with E-state index in [1.165, 1.54) is 12.0 Å². The minimum absolute atomic E-state index is 0.129. The Labute approximate surface area is 329 Å². The van der Waals surface area contributed by atoms with Crippen LogP contribution in [0.1, 0.15) is 109 Å². The second-order valence-corrected chi connectivity index (χ2v) is 17.7. The van der Waals surface area contributed by atoms with Crippen molar-refractivity contribution in [3.63, 3.8) is 0 Å². The van der Waals surface area contributed by atoms with Gasteiger partial charge < -0.3 is 18.9 Å². The molecule has 0 atom stereocenters. The zero-order chi connectivity index (χ0) is 39.9. The molecule has 7 rings (SSSR count). The van der Waals surface area contributed by atoms with Crippen LogP contribution in [0, 0.1) is 0 Å². The lowest BCUT2D eigenvalue weighted by Crippen LogP contribution is -2.37. The Morgan fingerprint density at radius 2 is 1.70 bits per heavy atom. The fraction of sp³-hybridized carbons (Fsp3) is 0.386. The number of fused-ring (bicyclic) bond motifs is 5. The number of carbonyl (C=O) groups is 2. The van der Waals surface area contributed by atoms with Crippen molar-refractivity contribution >= 4 is 44.4 Å². The molecule has 0 saturated heterocycles. The smallest absolute Gasteiger partial charge is 0.264 e. The molecular weight excluding hydrogens is 727 g/mol. The molecule has 3 aromatic carbocycles.